The van der Waals surface area contributed by atoms with E-state index in [1.807, 2.05) is 13.8 Å². The topological polar surface area (TPSA) is 83.8 Å². The molecule has 5 heteroatoms. The number of aldehydes is 1. The van der Waals surface area contributed by atoms with Gasteiger partial charge in [0.2, 0.25) is 0 Å². The molecule has 0 aromatic carbocycles. The summed E-state index contributed by atoms with van der Waals surface area (Å²) in [5.41, 5.74) is -1.09. The number of fused-ring (bicyclic) bond motifs is 2. The number of rotatable bonds is 12. The lowest BCUT2D eigenvalue weighted by Crippen LogP contribution is -2.53. The van der Waals surface area contributed by atoms with Crippen LogP contribution < -0.4 is 0 Å². The van der Waals surface area contributed by atoms with Gasteiger partial charge in [0.1, 0.15) is 11.7 Å². The molecule has 7 atom stereocenters. The number of aliphatic carboxylic acids is 1. The van der Waals surface area contributed by atoms with Crippen LogP contribution in [0.5, 0.6) is 0 Å². The van der Waals surface area contributed by atoms with Crippen molar-refractivity contribution in [1.82, 2.24) is 0 Å². The molecule has 2 bridgehead atoms. The number of ether oxygens (including phenoxy) is 1. The van der Waals surface area contributed by atoms with E-state index < -0.39 is 22.9 Å². The van der Waals surface area contributed by atoms with E-state index >= 15 is 0 Å². The third-order valence-corrected chi connectivity index (χ3v) is 8.74. The van der Waals surface area contributed by atoms with Gasteiger partial charge in [0.25, 0.3) is 0 Å². The first-order chi connectivity index (χ1) is 14.7. The van der Waals surface area contributed by atoms with Gasteiger partial charge in [0, 0.05) is 18.6 Å². The van der Waals surface area contributed by atoms with Crippen LogP contribution in [0.4, 0.5) is 0 Å². The average molecular weight is 435 g/mol. The standard InChI is InChI=1S/C26H42O5/c1-5-6-10-31-11-8-7-9-20-18(4)23(28)13-22(20)25(16-27)14-19-12-21(17(2)3)26(25,15-19)24(29)30/h12,16-20,22-23,28H,5-11,13-15H2,1-4H3,(H,29,30). The largest absolute Gasteiger partial charge is 0.481 e. The van der Waals surface area contributed by atoms with E-state index in [0.29, 0.717) is 19.3 Å². The highest BCUT2D eigenvalue weighted by atomic mass is 16.5. The van der Waals surface area contributed by atoms with Crippen molar-refractivity contribution >= 4 is 12.3 Å². The first kappa shape index (κ1) is 24.4. The van der Waals surface area contributed by atoms with Crippen molar-refractivity contribution in [2.24, 2.45) is 40.4 Å². The Morgan fingerprint density at radius 2 is 1.97 bits per heavy atom. The van der Waals surface area contributed by atoms with Crippen LogP contribution in [0, 0.1) is 40.4 Å². The minimum atomic E-state index is -1.11. The molecule has 0 saturated heterocycles. The zero-order chi connectivity index (χ0) is 22.8. The monoisotopic (exact) mass is 434 g/mol. The Bertz CT molecular complexity index is 685. The molecule has 5 nitrogen and oxygen atoms in total. The Labute approximate surface area is 187 Å². The summed E-state index contributed by atoms with van der Waals surface area (Å²) in [5, 5.41) is 21.3. The van der Waals surface area contributed by atoms with Crippen LogP contribution in [0.3, 0.4) is 0 Å². The summed E-state index contributed by atoms with van der Waals surface area (Å²) in [4.78, 5) is 25.6. The van der Waals surface area contributed by atoms with Crippen molar-refractivity contribution in [2.45, 2.75) is 85.2 Å². The Balaban J connectivity index is 1.81. The molecule has 0 heterocycles. The highest BCUT2D eigenvalue weighted by Crippen LogP contribution is 2.70. The van der Waals surface area contributed by atoms with Gasteiger partial charge in [0.15, 0.2) is 0 Å². The van der Waals surface area contributed by atoms with Gasteiger partial charge in [-0.1, -0.05) is 52.2 Å². The molecule has 0 amide bonds. The molecular weight excluding hydrogens is 392 g/mol. The molecule has 2 N–H and O–H groups in total. The van der Waals surface area contributed by atoms with E-state index in [9.17, 15) is 19.8 Å². The van der Waals surface area contributed by atoms with Crippen molar-refractivity contribution in [3.05, 3.63) is 11.6 Å². The number of hydrogen-bond donors (Lipinski definition) is 2. The van der Waals surface area contributed by atoms with E-state index in [0.717, 1.165) is 57.2 Å². The second-order valence-electron chi connectivity index (χ2n) is 10.7. The van der Waals surface area contributed by atoms with Crippen LogP contribution in [0.1, 0.15) is 79.1 Å². The summed E-state index contributed by atoms with van der Waals surface area (Å²) < 4.78 is 5.69. The normalized spacial score (nSPS) is 39.3. The molecule has 0 aromatic heterocycles. The smallest absolute Gasteiger partial charge is 0.314 e. The van der Waals surface area contributed by atoms with Crippen LogP contribution in [0.2, 0.25) is 0 Å². The Morgan fingerprint density at radius 3 is 2.58 bits per heavy atom. The Hall–Kier alpha value is -1.20. The molecule has 3 aliphatic carbocycles. The van der Waals surface area contributed by atoms with Crippen LogP contribution >= 0.6 is 0 Å². The van der Waals surface area contributed by atoms with Gasteiger partial charge in [0.05, 0.1) is 6.10 Å². The highest BCUT2D eigenvalue weighted by molar-refractivity contribution is 5.88. The molecule has 3 aliphatic rings. The summed E-state index contributed by atoms with van der Waals surface area (Å²) in [6.45, 7) is 9.85. The minimum absolute atomic E-state index is 0.0827. The summed E-state index contributed by atoms with van der Waals surface area (Å²) in [6.07, 6.45) is 9.42. The zero-order valence-corrected chi connectivity index (χ0v) is 19.8. The third kappa shape index (κ3) is 4.01. The van der Waals surface area contributed by atoms with Crippen molar-refractivity contribution in [3.8, 4) is 0 Å². The molecule has 0 radical (unpaired) electrons. The number of aliphatic hydroxyl groups excluding tert-OH is 1. The van der Waals surface area contributed by atoms with E-state index in [4.69, 9.17) is 4.74 Å². The molecule has 7 unspecified atom stereocenters. The number of aliphatic hydroxyl groups is 1. The molecule has 0 aliphatic heterocycles. The fourth-order valence-corrected chi connectivity index (χ4v) is 7.25. The quantitative estimate of drug-likeness (QED) is 0.260. The van der Waals surface area contributed by atoms with Crippen LogP contribution in [0.25, 0.3) is 0 Å². The van der Waals surface area contributed by atoms with E-state index in [2.05, 4.69) is 19.9 Å². The van der Waals surface area contributed by atoms with Gasteiger partial charge in [-0.25, -0.2) is 0 Å². The van der Waals surface area contributed by atoms with E-state index in [1.54, 1.807) is 0 Å². The lowest BCUT2D eigenvalue weighted by atomic mass is 9.52. The van der Waals surface area contributed by atoms with Gasteiger partial charge in [-0.05, 0) is 68.1 Å². The number of hydrogen-bond acceptors (Lipinski definition) is 4. The molecular formula is C26H42O5. The average Bonchev–Trinajstić information content (AvgIpc) is 3.37. The number of carbonyl (C=O) groups excluding carboxylic acids is 1. The van der Waals surface area contributed by atoms with Crippen molar-refractivity contribution in [1.29, 1.82) is 0 Å². The first-order valence-electron chi connectivity index (χ1n) is 12.4. The minimum Gasteiger partial charge on any atom is -0.481 e. The van der Waals surface area contributed by atoms with Crippen molar-refractivity contribution in [3.63, 3.8) is 0 Å². The maximum Gasteiger partial charge on any atom is 0.314 e. The van der Waals surface area contributed by atoms with Gasteiger partial charge < -0.3 is 19.7 Å². The summed E-state index contributed by atoms with van der Waals surface area (Å²) in [6, 6.07) is 0. The fraction of sp³-hybridized carbons (Fsp3) is 0.846. The number of allylic oxidation sites excluding steroid dienone is 1. The number of carboxylic acids is 1. The van der Waals surface area contributed by atoms with Crippen LogP contribution in [-0.2, 0) is 14.3 Å². The lowest BCUT2D eigenvalue weighted by molar-refractivity contribution is -0.160. The van der Waals surface area contributed by atoms with Crippen molar-refractivity contribution in [2.75, 3.05) is 13.2 Å². The maximum atomic E-state index is 12.8. The first-order valence-corrected chi connectivity index (χ1v) is 12.4. The molecule has 0 spiro atoms. The van der Waals surface area contributed by atoms with Gasteiger partial charge in [-0.15, -0.1) is 0 Å². The summed E-state index contributed by atoms with van der Waals surface area (Å²) in [7, 11) is 0. The fourth-order valence-electron chi connectivity index (χ4n) is 7.25. The highest BCUT2D eigenvalue weighted by Gasteiger charge is 2.71. The molecule has 31 heavy (non-hydrogen) atoms. The number of carbonyl (C=O) groups is 2. The molecule has 176 valence electrons. The van der Waals surface area contributed by atoms with E-state index in [-0.39, 0.29) is 29.6 Å². The molecule has 3 rings (SSSR count). The van der Waals surface area contributed by atoms with Gasteiger partial charge in [-0.3, -0.25) is 4.79 Å². The van der Waals surface area contributed by atoms with Gasteiger partial charge >= 0.3 is 5.97 Å². The maximum absolute atomic E-state index is 12.8. The molecule has 2 fully saturated rings. The van der Waals surface area contributed by atoms with E-state index in [1.165, 1.54) is 0 Å². The van der Waals surface area contributed by atoms with Crippen molar-refractivity contribution < 1.29 is 24.5 Å². The number of carboxylic acid groups (broad SMARTS) is 1. The predicted molar refractivity (Wildman–Crippen MR) is 121 cm³/mol. The second kappa shape index (κ2) is 9.74. The summed E-state index contributed by atoms with van der Waals surface area (Å²) in [5.74, 6) is -0.432. The molecule has 0 aromatic rings. The van der Waals surface area contributed by atoms with Gasteiger partial charge in [-0.2, -0.15) is 0 Å². The Kier molecular flexibility index (Phi) is 7.68. The Morgan fingerprint density at radius 1 is 1.26 bits per heavy atom. The summed E-state index contributed by atoms with van der Waals surface area (Å²) >= 11 is 0. The predicted octanol–water partition coefficient (Wildman–Crippen LogP) is 4.87. The number of unbranched alkanes of at least 4 members (excludes halogenated alkanes) is 2. The lowest BCUT2D eigenvalue weighted by Gasteiger charge is -2.48. The SMILES string of the molecule is CCCCOCCCCC1C(C)C(O)CC1C1(C=O)CC2C=C(C(C)C)C1(C(=O)O)C2. The van der Waals surface area contributed by atoms with Crippen LogP contribution in [0.15, 0.2) is 11.6 Å². The van der Waals surface area contributed by atoms with Crippen LogP contribution in [-0.4, -0.2) is 41.8 Å². The zero-order valence-electron chi connectivity index (χ0n) is 19.8. The molecule has 2 saturated carbocycles. The third-order valence-electron chi connectivity index (χ3n) is 8.74. The second-order valence-corrected chi connectivity index (χ2v) is 10.7.